The number of rotatable bonds is 3. The van der Waals surface area contributed by atoms with E-state index in [0.29, 0.717) is 23.8 Å². The molecule has 1 aromatic heterocycles. The molecule has 1 aromatic carbocycles. The Kier molecular flexibility index (Phi) is 3.26. The van der Waals surface area contributed by atoms with Crippen LogP contribution in [-0.4, -0.2) is 34.8 Å². The van der Waals surface area contributed by atoms with Gasteiger partial charge < -0.3 is 19.3 Å². The van der Waals surface area contributed by atoms with Gasteiger partial charge in [-0.15, -0.1) is 0 Å². The summed E-state index contributed by atoms with van der Waals surface area (Å²) in [5, 5.41) is 13.0. The van der Waals surface area contributed by atoms with E-state index in [1.807, 2.05) is 12.1 Å². The molecule has 1 aliphatic rings. The summed E-state index contributed by atoms with van der Waals surface area (Å²) in [6.45, 7) is 0.655. The lowest BCUT2D eigenvalue weighted by molar-refractivity contribution is -0.0164. The lowest BCUT2D eigenvalue weighted by Crippen LogP contribution is -2.11. The zero-order valence-electron chi connectivity index (χ0n) is 11.6. The summed E-state index contributed by atoms with van der Waals surface area (Å²) in [5.74, 6) is 0.247. The fourth-order valence-corrected chi connectivity index (χ4v) is 2.30. The molecule has 7 nitrogen and oxygen atoms in total. The fourth-order valence-electron chi connectivity index (χ4n) is 2.30. The molecule has 0 fully saturated rings. The van der Waals surface area contributed by atoms with Crippen LogP contribution in [0.5, 0.6) is 11.5 Å². The number of nitrogens with zero attached hydrogens (tertiary/aromatic N) is 2. The van der Waals surface area contributed by atoms with Crippen molar-refractivity contribution in [3.63, 3.8) is 0 Å². The fraction of sp³-hybridized carbons (Fsp3) is 0.286. The van der Waals surface area contributed by atoms with Crippen molar-refractivity contribution in [2.24, 2.45) is 7.05 Å². The molecule has 2 aromatic rings. The van der Waals surface area contributed by atoms with Crippen LogP contribution in [0.2, 0.25) is 0 Å². The van der Waals surface area contributed by atoms with Gasteiger partial charge in [-0.05, 0) is 18.2 Å². The summed E-state index contributed by atoms with van der Waals surface area (Å²) in [7, 11) is 3.24. The molecule has 1 N–H and O–H groups in total. The van der Waals surface area contributed by atoms with Gasteiger partial charge in [-0.1, -0.05) is 0 Å². The summed E-state index contributed by atoms with van der Waals surface area (Å²) in [6, 6.07) is 5.16. The maximum atomic E-state index is 11.0. The van der Waals surface area contributed by atoms with Gasteiger partial charge in [-0.3, -0.25) is 4.68 Å². The highest BCUT2D eigenvalue weighted by atomic mass is 16.7. The molecule has 0 amide bonds. The second-order valence-corrected chi connectivity index (χ2v) is 4.61. The Morgan fingerprint density at radius 1 is 1.43 bits per heavy atom. The zero-order chi connectivity index (χ0) is 15.0. The number of hydrogen-bond acceptors (Lipinski definition) is 5. The smallest absolute Gasteiger partial charge is 0.356 e. The Morgan fingerprint density at radius 2 is 2.24 bits per heavy atom. The van der Waals surface area contributed by atoms with E-state index in [0.717, 1.165) is 11.1 Å². The van der Waals surface area contributed by atoms with Crippen molar-refractivity contribution >= 4 is 5.97 Å². The molecular formula is C14H14N2O5. The highest BCUT2D eigenvalue weighted by Gasteiger charge is 2.20. The second-order valence-electron chi connectivity index (χ2n) is 4.61. The monoisotopic (exact) mass is 290 g/mol. The van der Waals surface area contributed by atoms with Crippen molar-refractivity contribution < 1.29 is 24.1 Å². The molecular weight excluding hydrogens is 276 g/mol. The van der Waals surface area contributed by atoms with Gasteiger partial charge >= 0.3 is 5.97 Å². The first-order chi connectivity index (χ1) is 10.1. The largest absolute Gasteiger partial charge is 0.496 e. The Hall–Kier alpha value is -2.54. The average Bonchev–Trinajstić information content (AvgIpc) is 2.88. The number of carbonyl (C=O) groups is 1. The number of methoxy groups -OCH3 is 1. The third-order valence-corrected chi connectivity index (χ3v) is 3.31. The summed E-state index contributed by atoms with van der Waals surface area (Å²) in [5.41, 5.74) is 2.24. The van der Waals surface area contributed by atoms with Gasteiger partial charge in [0, 0.05) is 18.2 Å². The van der Waals surface area contributed by atoms with Gasteiger partial charge in [0.2, 0.25) is 0 Å². The number of ether oxygens (including phenoxy) is 3. The van der Waals surface area contributed by atoms with Crippen LogP contribution in [0.1, 0.15) is 16.1 Å². The molecule has 0 radical (unpaired) electrons. The van der Waals surface area contributed by atoms with Crippen LogP contribution in [0.15, 0.2) is 18.2 Å². The highest BCUT2D eigenvalue weighted by molar-refractivity contribution is 5.87. The lowest BCUT2D eigenvalue weighted by atomic mass is 10.1. The van der Waals surface area contributed by atoms with Crippen molar-refractivity contribution in [3.05, 3.63) is 29.5 Å². The predicted octanol–water partition coefficient (Wildman–Crippen LogP) is 1.66. The van der Waals surface area contributed by atoms with Crippen LogP contribution in [0.4, 0.5) is 0 Å². The van der Waals surface area contributed by atoms with Crippen molar-refractivity contribution in [2.45, 2.75) is 6.61 Å². The van der Waals surface area contributed by atoms with Crippen molar-refractivity contribution in [1.29, 1.82) is 0 Å². The maximum Gasteiger partial charge on any atom is 0.356 e. The number of carboxylic acid groups (broad SMARTS) is 1. The molecule has 3 rings (SSSR count). The van der Waals surface area contributed by atoms with E-state index in [-0.39, 0.29) is 12.5 Å². The minimum absolute atomic E-state index is 0.0171. The number of benzene rings is 1. The second kappa shape index (κ2) is 5.10. The predicted molar refractivity (Wildman–Crippen MR) is 72.4 cm³/mol. The van der Waals surface area contributed by atoms with Gasteiger partial charge in [0.1, 0.15) is 11.5 Å². The standard InChI is InChI=1S/C14H14N2O5/c1-16-11(5-10(15-16)14(17)18)9-4-12-8(3-13(9)19-2)6-20-7-21-12/h3-5H,6-7H2,1-2H3,(H,17,18). The third kappa shape index (κ3) is 2.31. The third-order valence-electron chi connectivity index (χ3n) is 3.31. The van der Waals surface area contributed by atoms with Gasteiger partial charge in [-0.25, -0.2) is 4.79 Å². The number of carboxylic acids is 1. The van der Waals surface area contributed by atoms with E-state index >= 15 is 0 Å². The summed E-state index contributed by atoms with van der Waals surface area (Å²) >= 11 is 0. The van der Waals surface area contributed by atoms with E-state index in [1.54, 1.807) is 14.2 Å². The lowest BCUT2D eigenvalue weighted by Gasteiger charge is -2.20. The summed E-state index contributed by atoms with van der Waals surface area (Å²) < 4.78 is 17.6. The topological polar surface area (TPSA) is 82.8 Å². The molecule has 21 heavy (non-hydrogen) atoms. The van der Waals surface area contributed by atoms with Crippen molar-refractivity contribution in [1.82, 2.24) is 9.78 Å². The van der Waals surface area contributed by atoms with E-state index in [4.69, 9.17) is 19.3 Å². The molecule has 7 heteroatoms. The number of aromatic carboxylic acids is 1. The van der Waals surface area contributed by atoms with Gasteiger partial charge in [0.05, 0.1) is 19.4 Å². The summed E-state index contributed by atoms with van der Waals surface area (Å²) in [4.78, 5) is 11.0. The Labute approximate surface area is 120 Å². The SMILES string of the molecule is COc1cc2c(cc1-c1cc(C(=O)O)nn1C)OCOC2. The molecule has 0 saturated heterocycles. The number of hydrogen-bond donors (Lipinski definition) is 1. The Balaban J connectivity index is 2.15. The van der Waals surface area contributed by atoms with Crippen molar-refractivity contribution in [3.8, 4) is 22.8 Å². The van der Waals surface area contributed by atoms with Crippen LogP contribution >= 0.6 is 0 Å². The minimum Gasteiger partial charge on any atom is -0.496 e. The number of aryl methyl sites for hydroxylation is 1. The number of fused-ring (bicyclic) bond motifs is 1. The molecule has 0 atom stereocenters. The average molecular weight is 290 g/mol. The maximum absolute atomic E-state index is 11.0. The van der Waals surface area contributed by atoms with Crippen LogP contribution in [0.3, 0.4) is 0 Å². The van der Waals surface area contributed by atoms with Gasteiger partial charge in [0.25, 0.3) is 0 Å². The normalized spacial score (nSPS) is 13.4. The highest BCUT2D eigenvalue weighted by Crippen LogP contribution is 2.37. The Morgan fingerprint density at radius 3 is 2.90 bits per heavy atom. The molecule has 110 valence electrons. The summed E-state index contributed by atoms with van der Waals surface area (Å²) in [6.07, 6.45) is 0. The zero-order valence-corrected chi connectivity index (χ0v) is 11.6. The van der Waals surface area contributed by atoms with E-state index < -0.39 is 5.97 Å². The van der Waals surface area contributed by atoms with Crippen LogP contribution in [-0.2, 0) is 18.4 Å². The molecule has 0 saturated carbocycles. The first-order valence-electron chi connectivity index (χ1n) is 6.29. The van der Waals surface area contributed by atoms with E-state index in [1.165, 1.54) is 10.7 Å². The number of aromatic nitrogens is 2. The quantitative estimate of drug-likeness (QED) is 0.925. The Bertz CT molecular complexity index is 708. The van der Waals surface area contributed by atoms with Gasteiger partial charge in [-0.2, -0.15) is 5.10 Å². The molecule has 0 unspecified atom stereocenters. The molecule has 0 spiro atoms. The van der Waals surface area contributed by atoms with Crippen LogP contribution in [0, 0.1) is 0 Å². The van der Waals surface area contributed by atoms with Gasteiger partial charge in [0.15, 0.2) is 12.5 Å². The van der Waals surface area contributed by atoms with Crippen molar-refractivity contribution in [2.75, 3.05) is 13.9 Å². The van der Waals surface area contributed by atoms with E-state index in [9.17, 15) is 4.79 Å². The molecule has 0 aliphatic carbocycles. The molecule has 1 aliphatic heterocycles. The molecule has 2 heterocycles. The molecule has 0 bridgehead atoms. The van der Waals surface area contributed by atoms with E-state index in [2.05, 4.69) is 5.10 Å². The van der Waals surface area contributed by atoms with Crippen LogP contribution < -0.4 is 9.47 Å². The van der Waals surface area contributed by atoms with Crippen LogP contribution in [0.25, 0.3) is 11.3 Å². The first kappa shape index (κ1) is 13.4. The first-order valence-corrected chi connectivity index (χ1v) is 6.29. The minimum atomic E-state index is -1.07.